The molecule has 1 saturated carbocycles. The van der Waals surface area contributed by atoms with E-state index in [1.54, 1.807) is 11.9 Å². The molecule has 1 aliphatic carbocycles. The Morgan fingerprint density at radius 3 is 2.32 bits per heavy atom. The van der Waals surface area contributed by atoms with Crippen molar-refractivity contribution in [2.24, 2.45) is 11.8 Å². The van der Waals surface area contributed by atoms with E-state index in [4.69, 9.17) is 0 Å². The molecule has 0 radical (unpaired) electrons. The van der Waals surface area contributed by atoms with Gasteiger partial charge in [0.1, 0.15) is 12.1 Å². The molecule has 2 aliphatic rings. The fourth-order valence-corrected chi connectivity index (χ4v) is 5.94. The maximum absolute atomic E-state index is 13.4. The Bertz CT molecular complexity index is 742. The standard InChI is InChI=1S/C28H50N4O4S/c1-20(2)17-22(30-25(33)18-21-11-6-4-7-12-21)19-26(34)32-15-10-14-24(32)28(36)31-23(27(35)29-3)13-8-5-9-16-37/h20-24,37H,4-19H2,1-3H3,(H,29,35)(H,30,33)(H,31,36)/t22-,23+,24+/m1/s1. The Morgan fingerprint density at radius 2 is 1.68 bits per heavy atom. The summed E-state index contributed by atoms with van der Waals surface area (Å²) in [5, 5.41) is 8.68. The van der Waals surface area contributed by atoms with Crippen LogP contribution in [0.3, 0.4) is 0 Å². The van der Waals surface area contributed by atoms with Crippen LogP contribution in [0.5, 0.6) is 0 Å². The van der Waals surface area contributed by atoms with Gasteiger partial charge in [0.25, 0.3) is 0 Å². The van der Waals surface area contributed by atoms with Crippen LogP contribution < -0.4 is 16.0 Å². The zero-order valence-corrected chi connectivity index (χ0v) is 24.1. The van der Waals surface area contributed by atoms with Gasteiger partial charge < -0.3 is 20.9 Å². The molecule has 0 spiro atoms. The Labute approximate surface area is 229 Å². The molecule has 212 valence electrons. The van der Waals surface area contributed by atoms with Crippen molar-refractivity contribution in [1.82, 2.24) is 20.9 Å². The van der Waals surface area contributed by atoms with Gasteiger partial charge in [0.2, 0.25) is 23.6 Å². The molecule has 8 nitrogen and oxygen atoms in total. The Morgan fingerprint density at radius 1 is 0.946 bits per heavy atom. The quantitative estimate of drug-likeness (QED) is 0.189. The number of amides is 4. The van der Waals surface area contributed by atoms with Crippen molar-refractivity contribution < 1.29 is 19.2 Å². The first-order chi connectivity index (χ1) is 17.7. The van der Waals surface area contributed by atoms with Crippen LogP contribution in [-0.4, -0.2) is 66.0 Å². The predicted octanol–water partition coefficient (Wildman–Crippen LogP) is 3.59. The van der Waals surface area contributed by atoms with Crippen LogP contribution in [0.1, 0.15) is 104 Å². The summed E-state index contributed by atoms with van der Waals surface area (Å²) in [5.74, 6) is 1.03. The molecular formula is C28H50N4O4S. The van der Waals surface area contributed by atoms with E-state index >= 15 is 0 Å². The molecule has 4 amide bonds. The molecular weight excluding hydrogens is 488 g/mol. The van der Waals surface area contributed by atoms with Gasteiger partial charge in [-0.05, 0) is 62.5 Å². The number of likely N-dealkylation sites (tertiary alicyclic amines) is 1. The van der Waals surface area contributed by atoms with E-state index in [0.29, 0.717) is 37.6 Å². The highest BCUT2D eigenvalue weighted by atomic mass is 32.1. The van der Waals surface area contributed by atoms with Crippen LogP contribution in [0.15, 0.2) is 0 Å². The lowest BCUT2D eigenvalue weighted by Gasteiger charge is -2.29. The van der Waals surface area contributed by atoms with Crippen LogP contribution in [0.4, 0.5) is 0 Å². The highest BCUT2D eigenvalue weighted by Gasteiger charge is 2.36. The first-order valence-corrected chi connectivity index (χ1v) is 15.1. The number of thiol groups is 1. The molecule has 1 aliphatic heterocycles. The summed E-state index contributed by atoms with van der Waals surface area (Å²) < 4.78 is 0. The van der Waals surface area contributed by atoms with E-state index in [2.05, 4.69) is 42.4 Å². The van der Waals surface area contributed by atoms with Gasteiger partial charge in [-0.25, -0.2) is 0 Å². The summed E-state index contributed by atoms with van der Waals surface area (Å²) in [6.45, 7) is 4.70. The number of nitrogens with one attached hydrogen (secondary N) is 3. The minimum atomic E-state index is -0.609. The molecule has 0 aromatic heterocycles. The topological polar surface area (TPSA) is 108 Å². The summed E-state index contributed by atoms with van der Waals surface area (Å²) in [7, 11) is 1.57. The van der Waals surface area contributed by atoms with E-state index < -0.39 is 12.1 Å². The fraction of sp³-hybridized carbons (Fsp3) is 0.857. The number of likely N-dealkylation sites (N-methyl/N-ethyl adjacent to an activating group) is 1. The first kappa shape index (κ1) is 31.4. The number of carbonyl (C=O) groups excluding carboxylic acids is 4. The number of rotatable bonds is 15. The molecule has 1 saturated heterocycles. The molecule has 0 unspecified atom stereocenters. The molecule has 0 aromatic carbocycles. The minimum Gasteiger partial charge on any atom is -0.357 e. The van der Waals surface area contributed by atoms with Gasteiger partial charge >= 0.3 is 0 Å². The SMILES string of the molecule is CNC(=O)[C@H](CCCCCS)NC(=O)[C@@H]1CCCN1C(=O)C[C@@H](CC(C)C)NC(=O)CC1CCCCC1. The average molecular weight is 539 g/mol. The average Bonchev–Trinajstić information content (AvgIpc) is 3.36. The summed E-state index contributed by atoms with van der Waals surface area (Å²) >= 11 is 4.23. The monoisotopic (exact) mass is 538 g/mol. The first-order valence-electron chi connectivity index (χ1n) is 14.5. The van der Waals surface area contributed by atoms with Crippen molar-refractivity contribution in [3.8, 4) is 0 Å². The van der Waals surface area contributed by atoms with Crippen LogP contribution in [-0.2, 0) is 19.2 Å². The third-order valence-electron chi connectivity index (χ3n) is 7.65. The van der Waals surface area contributed by atoms with E-state index in [-0.39, 0.29) is 36.1 Å². The smallest absolute Gasteiger partial charge is 0.243 e. The zero-order chi connectivity index (χ0) is 27.2. The molecule has 3 atom stereocenters. The van der Waals surface area contributed by atoms with Crippen LogP contribution in [0.25, 0.3) is 0 Å². The van der Waals surface area contributed by atoms with Gasteiger partial charge in [0, 0.05) is 32.5 Å². The normalized spacial score (nSPS) is 19.9. The summed E-state index contributed by atoms with van der Waals surface area (Å²) in [5.41, 5.74) is 0. The second-order valence-electron chi connectivity index (χ2n) is 11.3. The lowest BCUT2D eigenvalue weighted by molar-refractivity contribution is -0.140. The Balaban J connectivity index is 1.96. The Kier molecular flexibility index (Phi) is 14.4. The minimum absolute atomic E-state index is 0.0346. The van der Waals surface area contributed by atoms with Crippen molar-refractivity contribution in [1.29, 1.82) is 0 Å². The Hall–Kier alpha value is -1.77. The van der Waals surface area contributed by atoms with E-state index in [9.17, 15) is 19.2 Å². The highest BCUT2D eigenvalue weighted by Crippen LogP contribution is 2.26. The second kappa shape index (κ2) is 16.9. The van der Waals surface area contributed by atoms with E-state index in [1.165, 1.54) is 19.3 Å². The number of hydrogen-bond acceptors (Lipinski definition) is 5. The molecule has 9 heteroatoms. The lowest BCUT2D eigenvalue weighted by atomic mass is 9.86. The van der Waals surface area contributed by atoms with Crippen LogP contribution >= 0.6 is 12.6 Å². The molecule has 2 fully saturated rings. The van der Waals surface area contributed by atoms with Gasteiger partial charge in [0.15, 0.2) is 0 Å². The third-order valence-corrected chi connectivity index (χ3v) is 7.96. The van der Waals surface area contributed by atoms with Crippen molar-refractivity contribution >= 4 is 36.3 Å². The number of nitrogens with zero attached hydrogens (tertiary/aromatic N) is 1. The van der Waals surface area contributed by atoms with Crippen LogP contribution in [0.2, 0.25) is 0 Å². The number of carbonyl (C=O) groups is 4. The summed E-state index contributed by atoms with van der Waals surface area (Å²) in [6.07, 6.45) is 11.9. The largest absolute Gasteiger partial charge is 0.357 e. The van der Waals surface area contributed by atoms with Crippen molar-refractivity contribution in [2.45, 2.75) is 122 Å². The molecule has 2 rings (SSSR count). The summed E-state index contributed by atoms with van der Waals surface area (Å²) in [4.78, 5) is 53.3. The summed E-state index contributed by atoms with van der Waals surface area (Å²) in [6, 6.07) is -1.42. The lowest BCUT2D eigenvalue weighted by Crippen LogP contribution is -2.53. The third kappa shape index (κ3) is 11.2. The number of hydrogen-bond donors (Lipinski definition) is 4. The van der Waals surface area contributed by atoms with Crippen molar-refractivity contribution in [3.05, 3.63) is 0 Å². The molecule has 0 aromatic rings. The van der Waals surface area contributed by atoms with Crippen molar-refractivity contribution in [3.63, 3.8) is 0 Å². The van der Waals surface area contributed by atoms with Gasteiger partial charge in [-0.1, -0.05) is 46.0 Å². The molecule has 1 heterocycles. The predicted molar refractivity (Wildman–Crippen MR) is 150 cm³/mol. The maximum atomic E-state index is 13.4. The van der Waals surface area contributed by atoms with Gasteiger partial charge in [-0.3, -0.25) is 19.2 Å². The fourth-order valence-electron chi connectivity index (χ4n) is 5.72. The van der Waals surface area contributed by atoms with Crippen molar-refractivity contribution in [2.75, 3.05) is 19.3 Å². The van der Waals surface area contributed by atoms with Gasteiger partial charge in [-0.15, -0.1) is 0 Å². The highest BCUT2D eigenvalue weighted by molar-refractivity contribution is 7.80. The van der Waals surface area contributed by atoms with Crippen LogP contribution in [0, 0.1) is 11.8 Å². The van der Waals surface area contributed by atoms with Gasteiger partial charge in [-0.2, -0.15) is 12.6 Å². The maximum Gasteiger partial charge on any atom is 0.243 e. The zero-order valence-electron chi connectivity index (χ0n) is 23.2. The molecule has 0 bridgehead atoms. The molecule has 3 N–H and O–H groups in total. The van der Waals surface area contributed by atoms with Gasteiger partial charge in [0.05, 0.1) is 0 Å². The second-order valence-corrected chi connectivity index (χ2v) is 11.7. The molecule has 37 heavy (non-hydrogen) atoms. The number of unbranched alkanes of at least 4 members (excludes halogenated alkanes) is 2. The van der Waals surface area contributed by atoms with E-state index in [1.807, 2.05) is 0 Å². The van der Waals surface area contributed by atoms with E-state index in [0.717, 1.165) is 50.7 Å².